The van der Waals surface area contributed by atoms with Crippen LogP contribution >= 0.6 is 0 Å². The smallest absolute Gasteiger partial charge is 0.140 e. The summed E-state index contributed by atoms with van der Waals surface area (Å²) in [5.74, 6) is 0. The fraction of sp³-hybridized carbons (Fsp3) is 0.0556. The van der Waals surface area contributed by atoms with Gasteiger partial charge < -0.3 is 9.32 Å². The topological polar surface area (TPSA) is 16.4 Å². The van der Waals surface area contributed by atoms with Gasteiger partial charge in [0.25, 0.3) is 0 Å². The zero-order chi connectivity index (χ0) is 49.3. The number of rotatable bonds is 7. The van der Waals surface area contributed by atoms with Gasteiger partial charge in [-0.05, 0) is 148 Å². The van der Waals surface area contributed by atoms with Crippen LogP contribution in [-0.2, 0) is 10.8 Å². The molecule has 2 nitrogen and oxygen atoms in total. The summed E-state index contributed by atoms with van der Waals surface area (Å²) < 4.78 is 7.21. The number of benzene rings is 12. The van der Waals surface area contributed by atoms with E-state index in [9.17, 15) is 0 Å². The first-order valence-corrected chi connectivity index (χ1v) is 25.8. The van der Waals surface area contributed by atoms with Gasteiger partial charge in [0, 0.05) is 38.8 Å². The molecule has 1 aromatic heterocycles. The SMILES string of the molecule is C=Cc1cccc(C2(c3cc(N(c4ccc(-c5ccc6c7ccccc7c7ccccc7c6c5)cc4)c4ccc5c(c4)C(C)(C)c4ccccc4-5)cc4c3oc3ccccc34)c3ccccc3-c3ccccc32)c1. The van der Waals surface area contributed by atoms with Crippen molar-refractivity contribution < 1.29 is 4.42 Å². The van der Waals surface area contributed by atoms with Gasteiger partial charge >= 0.3 is 0 Å². The second-order valence-corrected chi connectivity index (χ2v) is 20.8. The summed E-state index contributed by atoms with van der Waals surface area (Å²) in [6.45, 7) is 8.99. The lowest BCUT2D eigenvalue weighted by Crippen LogP contribution is -2.29. The van der Waals surface area contributed by atoms with Crippen molar-refractivity contribution in [1.82, 2.24) is 0 Å². The van der Waals surface area contributed by atoms with Crippen LogP contribution in [0.3, 0.4) is 0 Å². The number of hydrogen-bond acceptors (Lipinski definition) is 2. The van der Waals surface area contributed by atoms with Crippen LogP contribution in [0.25, 0.3) is 93.7 Å². The van der Waals surface area contributed by atoms with Gasteiger partial charge in [0.15, 0.2) is 0 Å². The molecule has 348 valence electrons. The zero-order valence-corrected chi connectivity index (χ0v) is 41.2. The van der Waals surface area contributed by atoms with Gasteiger partial charge in [0.05, 0.1) is 5.41 Å². The molecule has 0 saturated carbocycles. The first-order valence-electron chi connectivity index (χ1n) is 25.8. The lowest BCUT2D eigenvalue weighted by molar-refractivity contribution is 0.648. The van der Waals surface area contributed by atoms with E-state index >= 15 is 0 Å². The average molecular weight is 944 g/mol. The van der Waals surface area contributed by atoms with Gasteiger partial charge in [-0.15, -0.1) is 0 Å². The van der Waals surface area contributed by atoms with E-state index in [0.29, 0.717) is 0 Å². The molecule has 2 aliphatic carbocycles. The van der Waals surface area contributed by atoms with Gasteiger partial charge in [-0.2, -0.15) is 0 Å². The highest BCUT2D eigenvalue weighted by atomic mass is 16.3. The normalized spacial score (nSPS) is 13.8. The fourth-order valence-electron chi connectivity index (χ4n) is 13.3. The Morgan fingerprint density at radius 3 is 1.57 bits per heavy atom. The van der Waals surface area contributed by atoms with Crippen LogP contribution in [0.15, 0.2) is 254 Å². The van der Waals surface area contributed by atoms with Gasteiger partial charge in [-0.25, -0.2) is 0 Å². The summed E-state index contributed by atoms with van der Waals surface area (Å²) in [7, 11) is 0. The first-order chi connectivity index (χ1) is 36.4. The molecule has 0 atom stereocenters. The molecule has 2 heteroatoms. The van der Waals surface area contributed by atoms with Crippen LogP contribution in [0.2, 0.25) is 0 Å². The van der Waals surface area contributed by atoms with Crippen LogP contribution in [-0.4, -0.2) is 0 Å². The maximum absolute atomic E-state index is 7.21. The predicted octanol–water partition coefficient (Wildman–Crippen LogP) is 19.5. The van der Waals surface area contributed by atoms with Crippen LogP contribution in [0, 0.1) is 0 Å². The Morgan fingerprint density at radius 1 is 0.365 bits per heavy atom. The van der Waals surface area contributed by atoms with E-state index < -0.39 is 5.41 Å². The van der Waals surface area contributed by atoms with Gasteiger partial charge in [0.2, 0.25) is 0 Å². The summed E-state index contributed by atoms with van der Waals surface area (Å²) in [5, 5.41) is 9.80. The molecule has 0 unspecified atom stereocenters. The number of para-hydroxylation sites is 1. The van der Waals surface area contributed by atoms with Crippen LogP contribution in [0.1, 0.15) is 52.8 Å². The Morgan fingerprint density at radius 2 is 0.892 bits per heavy atom. The Balaban J connectivity index is 0.996. The van der Waals surface area contributed by atoms with Crippen molar-refractivity contribution in [3.63, 3.8) is 0 Å². The molecule has 13 aromatic rings. The van der Waals surface area contributed by atoms with E-state index in [4.69, 9.17) is 4.42 Å². The minimum absolute atomic E-state index is 0.198. The highest BCUT2D eigenvalue weighted by Gasteiger charge is 2.48. The van der Waals surface area contributed by atoms with Crippen LogP contribution in [0.5, 0.6) is 0 Å². The molecule has 0 radical (unpaired) electrons. The van der Waals surface area contributed by atoms with Crippen molar-refractivity contribution in [3.05, 3.63) is 288 Å². The summed E-state index contributed by atoms with van der Waals surface area (Å²) in [6, 6.07) is 90.1. The summed E-state index contributed by atoms with van der Waals surface area (Å²) in [5.41, 5.74) is 19.8. The van der Waals surface area contributed by atoms with Gasteiger partial charge in [-0.1, -0.05) is 221 Å². The Kier molecular flexibility index (Phi) is 9.11. The molecule has 0 spiro atoms. The third-order valence-electron chi connectivity index (χ3n) is 16.7. The van der Waals surface area contributed by atoms with Crippen molar-refractivity contribution in [3.8, 4) is 33.4 Å². The molecular weight excluding hydrogens is 895 g/mol. The largest absolute Gasteiger partial charge is 0.456 e. The maximum atomic E-state index is 7.21. The van der Waals surface area contributed by atoms with Crippen molar-refractivity contribution in [1.29, 1.82) is 0 Å². The lowest BCUT2D eigenvalue weighted by Gasteiger charge is -2.35. The Hall–Kier alpha value is -9.24. The summed E-state index contributed by atoms with van der Waals surface area (Å²) in [6.07, 6.45) is 1.96. The average Bonchev–Trinajstić information content (AvgIpc) is 4.15. The second kappa shape index (κ2) is 15.9. The fourth-order valence-corrected chi connectivity index (χ4v) is 13.3. The zero-order valence-electron chi connectivity index (χ0n) is 41.2. The van der Waals surface area contributed by atoms with E-state index in [2.05, 4.69) is 268 Å². The number of nitrogens with zero attached hydrogens (tertiary/aromatic N) is 1. The molecule has 15 rings (SSSR count). The third-order valence-corrected chi connectivity index (χ3v) is 16.7. The Bertz CT molecular complexity index is 4410. The van der Waals surface area contributed by atoms with Crippen LogP contribution in [0.4, 0.5) is 17.1 Å². The minimum Gasteiger partial charge on any atom is -0.456 e. The molecule has 0 bridgehead atoms. The quantitative estimate of drug-likeness (QED) is 0.148. The molecular formula is C72H49NO. The highest BCUT2D eigenvalue weighted by molar-refractivity contribution is 6.25. The molecule has 12 aromatic carbocycles. The van der Waals surface area contributed by atoms with Crippen molar-refractivity contribution >= 4 is 77.4 Å². The number of anilines is 3. The molecule has 2 aliphatic rings. The molecule has 0 N–H and O–H groups in total. The maximum Gasteiger partial charge on any atom is 0.140 e. The van der Waals surface area contributed by atoms with Crippen LogP contribution < -0.4 is 4.90 Å². The predicted molar refractivity (Wildman–Crippen MR) is 311 cm³/mol. The van der Waals surface area contributed by atoms with E-state index in [0.717, 1.165) is 61.3 Å². The van der Waals surface area contributed by atoms with E-state index in [1.165, 1.54) is 82.4 Å². The molecule has 0 fully saturated rings. The minimum atomic E-state index is -0.753. The molecule has 0 saturated heterocycles. The molecule has 0 aliphatic heterocycles. The van der Waals surface area contributed by atoms with E-state index in [-0.39, 0.29) is 5.41 Å². The molecule has 74 heavy (non-hydrogen) atoms. The highest BCUT2D eigenvalue weighted by Crippen LogP contribution is 2.59. The van der Waals surface area contributed by atoms with E-state index in [1.54, 1.807) is 0 Å². The first kappa shape index (κ1) is 42.4. The third kappa shape index (κ3) is 5.94. The number of hydrogen-bond donors (Lipinski definition) is 0. The summed E-state index contributed by atoms with van der Waals surface area (Å²) in [4.78, 5) is 2.48. The molecule has 0 amide bonds. The second-order valence-electron chi connectivity index (χ2n) is 20.8. The summed E-state index contributed by atoms with van der Waals surface area (Å²) >= 11 is 0. The van der Waals surface area contributed by atoms with Crippen molar-refractivity contribution in [2.24, 2.45) is 0 Å². The number of furan rings is 1. The Labute approximate surface area is 430 Å². The number of fused-ring (bicyclic) bond motifs is 15. The standard InChI is InChI=1S/C72H49NO/c1-4-45-18-17-19-48(40-45)72(65-29-14-10-25-58(65)59-26-11-15-30-66(59)72)68-44-51(42-63-61-27-12-16-31-69(61)74-70(63)68)73(50-37-39-60-57-24-9-13-28-64(57)71(2,3)67(60)43-50)49-35-32-46(33-36-49)47-34-38-56-54-22-6-5-20-52(54)53-21-7-8-23-55(53)62(56)41-47/h4-44H,1H2,2-3H3. The lowest BCUT2D eigenvalue weighted by atomic mass is 9.67. The molecule has 1 heterocycles. The van der Waals surface area contributed by atoms with Crippen molar-refractivity contribution in [2.45, 2.75) is 24.7 Å². The van der Waals surface area contributed by atoms with Gasteiger partial charge in [-0.3, -0.25) is 0 Å². The van der Waals surface area contributed by atoms with E-state index in [1.807, 2.05) is 6.08 Å². The monoisotopic (exact) mass is 943 g/mol. The van der Waals surface area contributed by atoms with Gasteiger partial charge in [0.1, 0.15) is 11.2 Å². The van der Waals surface area contributed by atoms with Crippen molar-refractivity contribution in [2.75, 3.05) is 4.90 Å².